The van der Waals surface area contributed by atoms with Crippen molar-refractivity contribution in [3.8, 4) is 0 Å². The van der Waals surface area contributed by atoms with Crippen LogP contribution in [0.2, 0.25) is 0 Å². The highest BCUT2D eigenvalue weighted by Gasteiger charge is 2.20. The smallest absolute Gasteiger partial charge is 0.304 e. The summed E-state index contributed by atoms with van der Waals surface area (Å²) in [4.78, 5) is 21.6. The van der Waals surface area contributed by atoms with Crippen LogP contribution in [0.15, 0.2) is 0 Å². The summed E-state index contributed by atoms with van der Waals surface area (Å²) >= 11 is 0. The molecule has 1 atom stereocenters. The van der Waals surface area contributed by atoms with Gasteiger partial charge >= 0.3 is 5.97 Å². The van der Waals surface area contributed by atoms with E-state index >= 15 is 0 Å². The van der Waals surface area contributed by atoms with Crippen molar-refractivity contribution in [2.24, 2.45) is 5.92 Å². The number of carbonyl (C=O) groups excluding carboxylic acids is 1. The van der Waals surface area contributed by atoms with Gasteiger partial charge in [-0.1, -0.05) is 6.92 Å². The van der Waals surface area contributed by atoms with E-state index in [2.05, 4.69) is 5.32 Å². The first kappa shape index (κ1) is 11.9. The highest BCUT2D eigenvalue weighted by atomic mass is 16.4. The van der Waals surface area contributed by atoms with Crippen molar-refractivity contribution < 1.29 is 14.7 Å². The molecule has 0 spiro atoms. The standard InChI is InChI=1S/C9H17NO3/c1-6(5-7(11)12)8(13)10-9(2,3)4/h6H,5H2,1-4H3,(H,10,13)(H,11,12). The average molecular weight is 187 g/mol. The predicted octanol–water partition coefficient (Wildman–Crippen LogP) is 1.01. The van der Waals surface area contributed by atoms with Crippen molar-refractivity contribution in [1.29, 1.82) is 0 Å². The van der Waals surface area contributed by atoms with E-state index in [0.29, 0.717) is 0 Å². The van der Waals surface area contributed by atoms with Gasteiger partial charge in [0.1, 0.15) is 0 Å². The van der Waals surface area contributed by atoms with Crippen LogP contribution >= 0.6 is 0 Å². The maximum absolute atomic E-state index is 11.3. The van der Waals surface area contributed by atoms with E-state index in [-0.39, 0.29) is 17.9 Å². The Hall–Kier alpha value is -1.06. The highest BCUT2D eigenvalue weighted by Crippen LogP contribution is 2.06. The van der Waals surface area contributed by atoms with Crippen LogP contribution in [0.3, 0.4) is 0 Å². The predicted molar refractivity (Wildman–Crippen MR) is 49.3 cm³/mol. The van der Waals surface area contributed by atoms with E-state index in [1.807, 2.05) is 20.8 Å². The second-order valence-electron chi connectivity index (χ2n) is 4.24. The van der Waals surface area contributed by atoms with Crippen LogP contribution < -0.4 is 5.32 Å². The Morgan fingerprint density at radius 1 is 1.38 bits per heavy atom. The lowest BCUT2D eigenvalue weighted by molar-refractivity contribution is -0.141. The van der Waals surface area contributed by atoms with Gasteiger partial charge in [-0.05, 0) is 20.8 Å². The van der Waals surface area contributed by atoms with Crippen molar-refractivity contribution in [2.75, 3.05) is 0 Å². The zero-order chi connectivity index (χ0) is 10.6. The van der Waals surface area contributed by atoms with Crippen molar-refractivity contribution >= 4 is 11.9 Å². The van der Waals surface area contributed by atoms with E-state index in [0.717, 1.165) is 0 Å². The molecule has 0 heterocycles. The second-order valence-corrected chi connectivity index (χ2v) is 4.24. The molecule has 0 aliphatic heterocycles. The molecule has 2 N–H and O–H groups in total. The Bertz CT molecular complexity index is 205. The molecule has 0 aliphatic carbocycles. The summed E-state index contributed by atoms with van der Waals surface area (Å²) in [6.07, 6.45) is -0.123. The first-order valence-corrected chi connectivity index (χ1v) is 4.26. The number of amides is 1. The average Bonchev–Trinajstić information content (AvgIpc) is 1.81. The number of nitrogens with one attached hydrogen (secondary N) is 1. The SMILES string of the molecule is CC(CC(=O)O)C(=O)NC(C)(C)C. The van der Waals surface area contributed by atoms with Gasteiger partial charge in [-0.15, -0.1) is 0 Å². The normalized spacial score (nSPS) is 13.5. The zero-order valence-corrected chi connectivity index (χ0v) is 8.55. The zero-order valence-electron chi connectivity index (χ0n) is 8.55. The molecule has 4 heteroatoms. The minimum atomic E-state index is -0.948. The fourth-order valence-corrected chi connectivity index (χ4v) is 0.847. The summed E-state index contributed by atoms with van der Waals surface area (Å²) in [5, 5.41) is 11.2. The number of hydrogen-bond acceptors (Lipinski definition) is 2. The molecule has 0 rings (SSSR count). The van der Waals surface area contributed by atoms with E-state index in [4.69, 9.17) is 5.11 Å². The van der Waals surface area contributed by atoms with Crippen LogP contribution in [-0.4, -0.2) is 22.5 Å². The summed E-state index contributed by atoms with van der Waals surface area (Å²) in [7, 11) is 0. The van der Waals surface area contributed by atoms with Gasteiger partial charge in [0, 0.05) is 11.5 Å². The third kappa shape index (κ3) is 6.13. The number of carbonyl (C=O) groups is 2. The molecule has 1 unspecified atom stereocenters. The van der Waals surface area contributed by atoms with E-state index < -0.39 is 11.9 Å². The van der Waals surface area contributed by atoms with Crippen LogP contribution in [0.25, 0.3) is 0 Å². The van der Waals surface area contributed by atoms with Crippen molar-refractivity contribution in [1.82, 2.24) is 5.32 Å². The Morgan fingerprint density at radius 2 is 1.85 bits per heavy atom. The summed E-state index contributed by atoms with van der Waals surface area (Å²) in [5.41, 5.74) is -0.302. The lowest BCUT2D eigenvalue weighted by atomic mass is 10.0. The molecule has 0 aromatic heterocycles. The first-order valence-electron chi connectivity index (χ1n) is 4.26. The molecule has 13 heavy (non-hydrogen) atoms. The van der Waals surface area contributed by atoms with Gasteiger partial charge in [0.2, 0.25) is 5.91 Å². The van der Waals surface area contributed by atoms with Crippen molar-refractivity contribution in [3.63, 3.8) is 0 Å². The number of rotatable bonds is 3. The molecule has 0 aromatic rings. The van der Waals surface area contributed by atoms with E-state index in [9.17, 15) is 9.59 Å². The third-order valence-electron chi connectivity index (χ3n) is 1.43. The summed E-state index contributed by atoms with van der Waals surface area (Å²) in [6.45, 7) is 7.18. The maximum atomic E-state index is 11.3. The molecule has 0 saturated heterocycles. The Kier molecular flexibility index (Phi) is 3.91. The van der Waals surface area contributed by atoms with Crippen LogP contribution in [0.1, 0.15) is 34.1 Å². The number of hydrogen-bond donors (Lipinski definition) is 2. The molecule has 4 nitrogen and oxygen atoms in total. The lowest BCUT2D eigenvalue weighted by Crippen LogP contribution is -2.43. The number of aliphatic carboxylic acids is 1. The molecule has 0 fully saturated rings. The van der Waals surface area contributed by atoms with Gasteiger partial charge in [-0.25, -0.2) is 0 Å². The third-order valence-corrected chi connectivity index (χ3v) is 1.43. The fourth-order valence-electron chi connectivity index (χ4n) is 0.847. The number of carboxylic acids is 1. The quantitative estimate of drug-likeness (QED) is 0.693. The van der Waals surface area contributed by atoms with Gasteiger partial charge in [-0.3, -0.25) is 9.59 Å². The van der Waals surface area contributed by atoms with Gasteiger partial charge < -0.3 is 10.4 Å². The Balaban J connectivity index is 4.05. The van der Waals surface area contributed by atoms with Gasteiger partial charge in [-0.2, -0.15) is 0 Å². The topological polar surface area (TPSA) is 66.4 Å². The monoisotopic (exact) mass is 187 g/mol. The van der Waals surface area contributed by atoms with Gasteiger partial charge in [0.05, 0.1) is 6.42 Å². The molecule has 0 saturated carbocycles. The summed E-state index contributed by atoms with van der Waals surface area (Å²) < 4.78 is 0. The van der Waals surface area contributed by atoms with Gasteiger partial charge in [0.25, 0.3) is 0 Å². The fraction of sp³-hybridized carbons (Fsp3) is 0.778. The van der Waals surface area contributed by atoms with E-state index in [1.54, 1.807) is 6.92 Å². The minimum Gasteiger partial charge on any atom is -0.481 e. The lowest BCUT2D eigenvalue weighted by Gasteiger charge is -2.22. The summed E-state index contributed by atoms with van der Waals surface area (Å²) in [5.74, 6) is -1.64. The molecular weight excluding hydrogens is 170 g/mol. The highest BCUT2D eigenvalue weighted by molar-refractivity contribution is 5.83. The molecule has 0 bridgehead atoms. The van der Waals surface area contributed by atoms with Crippen LogP contribution in [-0.2, 0) is 9.59 Å². The molecule has 1 amide bonds. The van der Waals surface area contributed by atoms with Gasteiger partial charge in [0.15, 0.2) is 0 Å². The first-order chi connectivity index (χ1) is 5.72. The second kappa shape index (κ2) is 4.25. The van der Waals surface area contributed by atoms with Crippen molar-refractivity contribution in [2.45, 2.75) is 39.7 Å². The molecule has 0 aliphatic rings. The van der Waals surface area contributed by atoms with E-state index in [1.165, 1.54) is 0 Å². The minimum absolute atomic E-state index is 0.123. The number of carboxylic acid groups (broad SMARTS) is 1. The largest absolute Gasteiger partial charge is 0.481 e. The molecule has 76 valence electrons. The van der Waals surface area contributed by atoms with Crippen LogP contribution in [0.4, 0.5) is 0 Å². The summed E-state index contributed by atoms with van der Waals surface area (Å²) in [6, 6.07) is 0. The molecule has 0 aromatic carbocycles. The molecule has 0 radical (unpaired) electrons. The van der Waals surface area contributed by atoms with Crippen LogP contribution in [0.5, 0.6) is 0 Å². The molecular formula is C9H17NO3. The van der Waals surface area contributed by atoms with Crippen LogP contribution in [0, 0.1) is 5.92 Å². The Labute approximate surface area is 78.3 Å². The Morgan fingerprint density at radius 3 is 2.15 bits per heavy atom. The van der Waals surface area contributed by atoms with Crippen molar-refractivity contribution in [3.05, 3.63) is 0 Å². The maximum Gasteiger partial charge on any atom is 0.304 e.